The van der Waals surface area contributed by atoms with Crippen molar-refractivity contribution in [3.8, 4) is 0 Å². The van der Waals surface area contributed by atoms with Gasteiger partial charge in [-0.05, 0) is 13.8 Å². The van der Waals surface area contributed by atoms with Gasteiger partial charge in [-0.3, -0.25) is 10.2 Å². The fourth-order valence-electron chi connectivity index (χ4n) is 1.45. The van der Waals surface area contributed by atoms with Crippen LogP contribution >= 0.6 is 11.8 Å². The van der Waals surface area contributed by atoms with E-state index in [1.807, 2.05) is 18.7 Å². The van der Waals surface area contributed by atoms with E-state index in [4.69, 9.17) is 5.84 Å². The lowest BCUT2D eigenvalue weighted by Gasteiger charge is -2.19. The lowest BCUT2D eigenvalue weighted by Crippen LogP contribution is -2.25. The van der Waals surface area contributed by atoms with Crippen LogP contribution < -0.4 is 16.2 Å². The Kier molecular flexibility index (Phi) is 7.02. The Morgan fingerprint density at radius 2 is 2.05 bits per heavy atom. The maximum atomic E-state index is 11.1. The predicted molar refractivity (Wildman–Crippen MR) is 78.6 cm³/mol. The van der Waals surface area contributed by atoms with Crippen LogP contribution in [-0.4, -0.2) is 46.9 Å². The molecule has 0 spiro atoms. The van der Waals surface area contributed by atoms with E-state index in [0.717, 1.165) is 13.1 Å². The topological polar surface area (TPSA) is 106 Å². The molecule has 0 atom stereocenters. The van der Waals surface area contributed by atoms with Gasteiger partial charge in [-0.1, -0.05) is 11.8 Å². The van der Waals surface area contributed by atoms with Gasteiger partial charge in [-0.25, -0.2) is 5.84 Å². The van der Waals surface area contributed by atoms with Gasteiger partial charge < -0.3 is 9.64 Å². The molecule has 0 amide bonds. The summed E-state index contributed by atoms with van der Waals surface area (Å²) in [6, 6.07) is 0. The summed E-state index contributed by atoms with van der Waals surface area (Å²) in [7, 11) is 1.37. The van der Waals surface area contributed by atoms with Gasteiger partial charge in [-0.2, -0.15) is 15.0 Å². The third-order valence-corrected chi connectivity index (χ3v) is 3.39. The summed E-state index contributed by atoms with van der Waals surface area (Å²) in [5.41, 5.74) is 2.43. The van der Waals surface area contributed by atoms with Crippen molar-refractivity contribution in [2.45, 2.75) is 25.4 Å². The van der Waals surface area contributed by atoms with Crippen LogP contribution in [0.4, 0.5) is 11.9 Å². The molecule has 0 unspecified atom stereocenters. The van der Waals surface area contributed by atoms with Crippen LogP contribution in [0, 0.1) is 0 Å². The van der Waals surface area contributed by atoms with Gasteiger partial charge in [0.25, 0.3) is 0 Å². The summed E-state index contributed by atoms with van der Waals surface area (Å²) in [6.07, 6.45) is 0.304. The largest absolute Gasteiger partial charge is 0.469 e. The molecule has 0 saturated heterocycles. The summed E-state index contributed by atoms with van der Waals surface area (Å²) < 4.78 is 4.58. The molecule has 112 valence electrons. The van der Waals surface area contributed by atoms with E-state index >= 15 is 0 Å². The zero-order chi connectivity index (χ0) is 15.0. The number of carbonyl (C=O) groups excluding carboxylic acids is 1. The van der Waals surface area contributed by atoms with Gasteiger partial charge in [0.1, 0.15) is 0 Å². The van der Waals surface area contributed by atoms with Crippen molar-refractivity contribution in [3.05, 3.63) is 0 Å². The quantitative estimate of drug-likeness (QED) is 0.310. The zero-order valence-electron chi connectivity index (χ0n) is 11.9. The Hall–Kier alpha value is -1.61. The highest BCUT2D eigenvalue weighted by atomic mass is 32.2. The fourth-order valence-corrected chi connectivity index (χ4v) is 2.20. The van der Waals surface area contributed by atoms with Crippen LogP contribution in [0.1, 0.15) is 20.3 Å². The summed E-state index contributed by atoms with van der Waals surface area (Å²) in [5, 5.41) is 0.527. The first-order chi connectivity index (χ1) is 9.64. The molecule has 1 heterocycles. The van der Waals surface area contributed by atoms with E-state index in [1.165, 1.54) is 18.9 Å². The minimum atomic E-state index is -0.257. The monoisotopic (exact) mass is 300 g/mol. The standard InChI is InChI=1S/C11H20N6O2S/c1-4-17(5-2)10-13-9(16-12)14-11(15-10)20-7-6-8(18)19-3/h4-7,12H2,1-3H3,(H,13,14,15,16). The number of nitrogen functional groups attached to an aromatic ring is 1. The second kappa shape index (κ2) is 8.54. The minimum Gasteiger partial charge on any atom is -0.469 e. The SMILES string of the molecule is CCN(CC)c1nc(NN)nc(SCCC(=O)OC)n1. The highest BCUT2D eigenvalue weighted by Gasteiger charge is 2.11. The maximum absolute atomic E-state index is 11.1. The molecule has 0 radical (unpaired) electrons. The smallest absolute Gasteiger partial charge is 0.306 e. The number of nitrogens with zero attached hydrogens (tertiary/aromatic N) is 4. The molecular weight excluding hydrogens is 280 g/mol. The number of rotatable bonds is 8. The van der Waals surface area contributed by atoms with Crippen LogP contribution in [0.25, 0.3) is 0 Å². The van der Waals surface area contributed by atoms with Crippen molar-refractivity contribution < 1.29 is 9.53 Å². The van der Waals surface area contributed by atoms with Crippen LogP contribution in [0.3, 0.4) is 0 Å². The van der Waals surface area contributed by atoms with Crippen molar-refractivity contribution in [1.29, 1.82) is 0 Å². The lowest BCUT2D eigenvalue weighted by molar-refractivity contribution is -0.140. The van der Waals surface area contributed by atoms with Crippen LogP contribution in [0.2, 0.25) is 0 Å². The average molecular weight is 300 g/mol. The minimum absolute atomic E-state index is 0.257. The Labute approximate surface area is 122 Å². The highest BCUT2D eigenvalue weighted by molar-refractivity contribution is 7.99. The number of hydrogen-bond donors (Lipinski definition) is 2. The van der Waals surface area contributed by atoms with E-state index in [1.54, 1.807) is 0 Å². The van der Waals surface area contributed by atoms with Crippen LogP contribution in [0.5, 0.6) is 0 Å². The third-order valence-electron chi connectivity index (χ3n) is 2.54. The summed E-state index contributed by atoms with van der Waals surface area (Å²) in [6.45, 7) is 5.62. The van der Waals surface area contributed by atoms with Crippen molar-refractivity contribution in [3.63, 3.8) is 0 Å². The van der Waals surface area contributed by atoms with E-state index in [2.05, 4.69) is 25.1 Å². The summed E-state index contributed by atoms with van der Waals surface area (Å²) in [4.78, 5) is 25.8. The van der Waals surface area contributed by atoms with E-state index in [-0.39, 0.29) is 5.97 Å². The van der Waals surface area contributed by atoms with Gasteiger partial charge in [0.05, 0.1) is 13.5 Å². The molecular formula is C11H20N6O2S. The molecule has 0 bridgehead atoms. The van der Waals surface area contributed by atoms with Crippen molar-refractivity contribution >= 4 is 29.6 Å². The van der Waals surface area contributed by atoms with Gasteiger partial charge in [0, 0.05) is 18.8 Å². The van der Waals surface area contributed by atoms with Gasteiger partial charge in [-0.15, -0.1) is 0 Å². The first-order valence-corrected chi connectivity index (χ1v) is 7.30. The number of anilines is 2. The molecule has 0 aromatic carbocycles. The Morgan fingerprint density at radius 1 is 1.35 bits per heavy atom. The highest BCUT2D eigenvalue weighted by Crippen LogP contribution is 2.19. The second-order valence-corrected chi connectivity index (χ2v) is 4.79. The molecule has 0 aliphatic rings. The second-order valence-electron chi connectivity index (χ2n) is 3.73. The number of aromatic nitrogens is 3. The van der Waals surface area contributed by atoms with Crippen molar-refractivity contribution in [1.82, 2.24) is 15.0 Å². The van der Waals surface area contributed by atoms with Crippen LogP contribution in [0.15, 0.2) is 5.16 Å². The molecule has 0 fully saturated rings. The molecule has 0 saturated carbocycles. The maximum Gasteiger partial charge on any atom is 0.306 e. The summed E-state index contributed by atoms with van der Waals surface area (Å²) >= 11 is 1.36. The number of ether oxygens (including phenoxy) is 1. The summed E-state index contributed by atoms with van der Waals surface area (Å²) in [5.74, 6) is 6.52. The van der Waals surface area contributed by atoms with Gasteiger partial charge in [0.2, 0.25) is 11.9 Å². The van der Waals surface area contributed by atoms with Crippen molar-refractivity contribution in [2.24, 2.45) is 5.84 Å². The normalized spacial score (nSPS) is 10.2. The van der Waals surface area contributed by atoms with E-state index < -0.39 is 0 Å². The first-order valence-electron chi connectivity index (χ1n) is 6.31. The lowest BCUT2D eigenvalue weighted by atomic mass is 10.5. The number of esters is 1. The Morgan fingerprint density at radius 3 is 2.60 bits per heavy atom. The number of hydrogen-bond acceptors (Lipinski definition) is 9. The first kappa shape index (κ1) is 16.4. The predicted octanol–water partition coefficient (Wildman–Crippen LogP) is 0.659. The average Bonchev–Trinajstić information content (AvgIpc) is 2.48. The zero-order valence-corrected chi connectivity index (χ0v) is 12.7. The Bertz CT molecular complexity index is 441. The number of hydrazine groups is 1. The Balaban J connectivity index is 2.79. The number of nitrogens with one attached hydrogen (secondary N) is 1. The van der Waals surface area contributed by atoms with Gasteiger partial charge in [0.15, 0.2) is 5.16 Å². The molecule has 0 aliphatic carbocycles. The van der Waals surface area contributed by atoms with E-state index in [0.29, 0.717) is 29.2 Å². The number of nitrogens with two attached hydrogens (primary N) is 1. The molecule has 9 heteroatoms. The van der Waals surface area contributed by atoms with Crippen molar-refractivity contribution in [2.75, 3.05) is 36.3 Å². The molecule has 0 aliphatic heterocycles. The molecule has 1 aromatic heterocycles. The van der Waals surface area contributed by atoms with Gasteiger partial charge >= 0.3 is 5.97 Å². The number of thioether (sulfide) groups is 1. The number of methoxy groups -OCH3 is 1. The number of carbonyl (C=O) groups is 1. The van der Waals surface area contributed by atoms with Crippen LogP contribution in [-0.2, 0) is 9.53 Å². The van der Waals surface area contributed by atoms with E-state index in [9.17, 15) is 4.79 Å². The molecule has 8 nitrogen and oxygen atoms in total. The molecule has 1 rings (SSSR count). The molecule has 3 N–H and O–H groups in total. The molecule has 20 heavy (non-hydrogen) atoms. The molecule has 1 aromatic rings. The third kappa shape index (κ3) is 4.82. The fraction of sp³-hybridized carbons (Fsp3) is 0.636.